The fourth-order valence-corrected chi connectivity index (χ4v) is 2.48. The van der Waals surface area contributed by atoms with E-state index in [-0.39, 0.29) is 5.91 Å². The van der Waals surface area contributed by atoms with Crippen LogP contribution in [0.15, 0.2) is 66.5 Å². The maximum Gasteiger partial charge on any atom is 0.246 e. The lowest BCUT2D eigenvalue weighted by molar-refractivity contribution is -0.117. The third-order valence-electron chi connectivity index (χ3n) is 3.69. The van der Waals surface area contributed by atoms with Crippen molar-refractivity contribution >= 4 is 17.5 Å². The Morgan fingerprint density at radius 1 is 1.17 bits per heavy atom. The molecule has 2 aromatic heterocycles. The van der Waals surface area contributed by atoms with Crippen molar-refractivity contribution in [1.29, 1.82) is 0 Å². The monoisotopic (exact) mass is 305 g/mol. The summed E-state index contributed by atoms with van der Waals surface area (Å²) in [7, 11) is 0. The van der Waals surface area contributed by atoms with E-state index in [1.54, 1.807) is 0 Å². The van der Waals surface area contributed by atoms with Crippen molar-refractivity contribution in [1.82, 2.24) is 14.7 Å². The van der Waals surface area contributed by atoms with Gasteiger partial charge in [0.25, 0.3) is 0 Å². The van der Waals surface area contributed by atoms with Gasteiger partial charge in [0, 0.05) is 24.7 Å². The topological polar surface area (TPSA) is 46.4 Å². The molecule has 0 aliphatic carbocycles. The summed E-state index contributed by atoms with van der Waals surface area (Å²) in [5.74, 6) is 0.903. The predicted molar refractivity (Wildman–Crippen MR) is 92.0 cm³/mol. The molecular formula is C19H19N3O. The van der Waals surface area contributed by atoms with E-state index in [0.717, 1.165) is 16.9 Å². The van der Waals surface area contributed by atoms with Crippen LogP contribution in [0, 0.1) is 0 Å². The molecule has 1 N–H and O–H groups in total. The first-order valence-corrected chi connectivity index (χ1v) is 7.66. The molecule has 0 fully saturated rings. The minimum absolute atomic E-state index is 0.0466. The van der Waals surface area contributed by atoms with E-state index in [2.05, 4.69) is 10.3 Å². The number of carbonyl (C=O) groups is 1. The van der Waals surface area contributed by atoms with E-state index in [1.807, 2.05) is 78.3 Å². The molecule has 1 amide bonds. The maximum atomic E-state index is 12.1. The summed E-state index contributed by atoms with van der Waals surface area (Å²) in [6.07, 6.45) is 6.42. The summed E-state index contributed by atoms with van der Waals surface area (Å²) in [5.41, 5.74) is 2.79. The number of benzene rings is 1. The van der Waals surface area contributed by atoms with Gasteiger partial charge in [0.2, 0.25) is 5.91 Å². The predicted octanol–water partition coefficient (Wildman–Crippen LogP) is 3.10. The fraction of sp³-hybridized carbons (Fsp3) is 0.158. The summed E-state index contributed by atoms with van der Waals surface area (Å²) >= 11 is 0. The molecule has 0 atom stereocenters. The fourth-order valence-electron chi connectivity index (χ4n) is 2.48. The number of hydrogen-bond acceptors (Lipinski definition) is 2. The van der Waals surface area contributed by atoms with Crippen LogP contribution in [-0.4, -0.2) is 21.8 Å². The minimum Gasteiger partial charge on any atom is -0.352 e. The minimum atomic E-state index is -0.0466. The van der Waals surface area contributed by atoms with Gasteiger partial charge in [0.05, 0.1) is 11.7 Å². The molecule has 0 unspecified atom stereocenters. The number of imidazole rings is 1. The Bertz CT molecular complexity index is 834. The molecule has 0 radical (unpaired) electrons. The Morgan fingerprint density at radius 2 is 1.96 bits per heavy atom. The lowest BCUT2D eigenvalue weighted by atomic mass is 10.1. The molecule has 0 bridgehead atoms. The van der Waals surface area contributed by atoms with Crippen molar-refractivity contribution < 1.29 is 4.79 Å². The van der Waals surface area contributed by atoms with Crippen molar-refractivity contribution in [3.8, 4) is 0 Å². The first-order valence-electron chi connectivity index (χ1n) is 7.66. The number of hydrogen-bond donors (Lipinski definition) is 1. The van der Waals surface area contributed by atoms with Crippen LogP contribution in [-0.2, 0) is 11.2 Å². The van der Waals surface area contributed by atoms with Gasteiger partial charge in [-0.3, -0.25) is 4.79 Å². The van der Waals surface area contributed by atoms with Gasteiger partial charge >= 0.3 is 0 Å². The molecule has 2 heterocycles. The van der Waals surface area contributed by atoms with E-state index in [4.69, 9.17) is 0 Å². The van der Waals surface area contributed by atoms with Crippen LogP contribution >= 0.6 is 0 Å². The molecule has 4 nitrogen and oxygen atoms in total. The second kappa shape index (κ2) is 6.92. The normalized spacial score (nSPS) is 11.6. The van der Waals surface area contributed by atoms with Gasteiger partial charge in [-0.05, 0) is 30.7 Å². The summed E-state index contributed by atoms with van der Waals surface area (Å²) in [4.78, 5) is 16.5. The Balaban J connectivity index is 1.58. The molecule has 23 heavy (non-hydrogen) atoms. The van der Waals surface area contributed by atoms with Crippen LogP contribution in [0.4, 0.5) is 0 Å². The van der Waals surface area contributed by atoms with Gasteiger partial charge in [-0.1, -0.05) is 36.4 Å². The van der Waals surface area contributed by atoms with E-state index in [0.29, 0.717) is 18.5 Å². The number of pyridine rings is 1. The molecule has 0 saturated heterocycles. The number of aromatic nitrogens is 2. The molecule has 0 aliphatic rings. The van der Waals surface area contributed by atoms with E-state index in [9.17, 15) is 4.79 Å². The summed E-state index contributed by atoms with van der Waals surface area (Å²) in [5, 5.41) is 2.95. The average molecular weight is 305 g/mol. The number of nitrogens with one attached hydrogen (secondary N) is 1. The van der Waals surface area contributed by atoms with Crippen LogP contribution in [0.2, 0.25) is 0 Å². The Kier molecular flexibility index (Phi) is 4.52. The van der Waals surface area contributed by atoms with E-state index >= 15 is 0 Å². The van der Waals surface area contributed by atoms with Crippen LogP contribution in [0.25, 0.3) is 11.6 Å². The smallest absolute Gasteiger partial charge is 0.246 e. The summed E-state index contributed by atoms with van der Waals surface area (Å²) < 4.78 is 2.04. The maximum absolute atomic E-state index is 12.1. The number of carbonyl (C=O) groups excluding carboxylic acids is 1. The number of amides is 1. The molecule has 0 aliphatic heterocycles. The Morgan fingerprint density at radius 3 is 2.78 bits per heavy atom. The largest absolute Gasteiger partial charge is 0.352 e. The number of rotatable bonds is 5. The van der Waals surface area contributed by atoms with Crippen molar-refractivity contribution in [3.05, 3.63) is 77.9 Å². The summed E-state index contributed by atoms with van der Waals surface area (Å²) in [6, 6.07) is 15.8. The lowest BCUT2D eigenvalue weighted by Gasteiger charge is -2.05. The van der Waals surface area contributed by atoms with Crippen LogP contribution in [0.3, 0.4) is 0 Å². The highest BCUT2D eigenvalue weighted by Crippen LogP contribution is 2.07. The lowest BCUT2D eigenvalue weighted by Crippen LogP contribution is -2.26. The molecule has 0 saturated carbocycles. The Hall–Kier alpha value is -2.88. The number of fused-ring (bicyclic) bond motifs is 1. The molecule has 3 aromatic rings. The zero-order chi connectivity index (χ0) is 16.1. The third kappa shape index (κ3) is 3.66. The van der Waals surface area contributed by atoms with Gasteiger partial charge in [-0.15, -0.1) is 0 Å². The first-order chi connectivity index (χ1) is 11.2. The van der Waals surface area contributed by atoms with Gasteiger partial charge in [0.1, 0.15) is 5.82 Å². The molecule has 0 spiro atoms. The quantitative estimate of drug-likeness (QED) is 0.736. The average Bonchev–Trinajstić information content (AvgIpc) is 2.99. The van der Waals surface area contributed by atoms with Gasteiger partial charge in [-0.2, -0.15) is 0 Å². The second-order valence-corrected chi connectivity index (χ2v) is 5.41. The highest BCUT2D eigenvalue weighted by molar-refractivity contribution is 5.97. The van der Waals surface area contributed by atoms with Crippen molar-refractivity contribution in [2.75, 3.05) is 6.54 Å². The van der Waals surface area contributed by atoms with Crippen LogP contribution in [0.5, 0.6) is 0 Å². The van der Waals surface area contributed by atoms with E-state index in [1.165, 1.54) is 0 Å². The van der Waals surface area contributed by atoms with E-state index < -0.39 is 0 Å². The highest BCUT2D eigenvalue weighted by atomic mass is 16.1. The molecule has 116 valence electrons. The first kappa shape index (κ1) is 15.0. The molecule has 1 aromatic carbocycles. The van der Waals surface area contributed by atoms with Crippen LogP contribution < -0.4 is 5.32 Å². The summed E-state index contributed by atoms with van der Waals surface area (Å²) in [6.45, 7) is 2.39. The second-order valence-electron chi connectivity index (χ2n) is 5.41. The van der Waals surface area contributed by atoms with Gasteiger partial charge in [0.15, 0.2) is 0 Å². The SMILES string of the molecule is C/C(=C\c1ccccc1)C(=O)NCCc1ncc2ccccn12. The van der Waals surface area contributed by atoms with Crippen molar-refractivity contribution in [2.45, 2.75) is 13.3 Å². The number of nitrogens with zero attached hydrogens (tertiary/aromatic N) is 2. The zero-order valence-corrected chi connectivity index (χ0v) is 13.1. The van der Waals surface area contributed by atoms with Gasteiger partial charge in [-0.25, -0.2) is 4.98 Å². The van der Waals surface area contributed by atoms with Crippen LogP contribution in [0.1, 0.15) is 18.3 Å². The zero-order valence-electron chi connectivity index (χ0n) is 13.1. The third-order valence-corrected chi connectivity index (χ3v) is 3.69. The molecular weight excluding hydrogens is 286 g/mol. The van der Waals surface area contributed by atoms with Crippen molar-refractivity contribution in [2.24, 2.45) is 0 Å². The molecule has 3 rings (SSSR count). The highest BCUT2D eigenvalue weighted by Gasteiger charge is 2.06. The van der Waals surface area contributed by atoms with Gasteiger partial charge < -0.3 is 9.72 Å². The standard InChI is InChI=1S/C19H19N3O/c1-15(13-16-7-3-2-4-8-16)19(23)20-11-10-18-21-14-17-9-5-6-12-22(17)18/h2-9,12-14H,10-11H2,1H3,(H,20,23)/b15-13+. The van der Waals surface area contributed by atoms with Crippen molar-refractivity contribution in [3.63, 3.8) is 0 Å². The Labute approximate surface area is 135 Å². The molecule has 4 heteroatoms.